The van der Waals surface area contributed by atoms with Crippen molar-refractivity contribution in [1.82, 2.24) is 4.98 Å². The predicted octanol–water partition coefficient (Wildman–Crippen LogP) is 2.69. The quantitative estimate of drug-likeness (QED) is 0.816. The van der Waals surface area contributed by atoms with Crippen molar-refractivity contribution in [2.75, 3.05) is 11.8 Å². The third-order valence-electron chi connectivity index (χ3n) is 3.35. The Morgan fingerprint density at radius 1 is 1.40 bits per heavy atom. The van der Waals surface area contributed by atoms with E-state index in [4.69, 9.17) is 4.74 Å². The molecule has 0 fully saturated rings. The van der Waals surface area contributed by atoms with Gasteiger partial charge in [0.25, 0.3) is 10.0 Å². The van der Waals surface area contributed by atoms with E-state index in [0.717, 1.165) is 18.3 Å². The standard InChI is InChI=1S/C16H16F2N2O4S/c1-9(2)15-11(8-21)12(18)4-5-13(15)20-25(22,23)14-6-10(17)7-19-16(14)24-3/h4-7,20-21H,1,8H2,2-3H3. The monoisotopic (exact) mass is 370 g/mol. The fraction of sp³-hybridized carbons (Fsp3) is 0.188. The molecule has 2 rings (SSSR count). The molecule has 0 saturated heterocycles. The van der Waals surface area contributed by atoms with E-state index >= 15 is 0 Å². The number of anilines is 1. The van der Waals surface area contributed by atoms with Gasteiger partial charge in [0.1, 0.15) is 11.6 Å². The molecule has 25 heavy (non-hydrogen) atoms. The smallest absolute Gasteiger partial charge is 0.267 e. The van der Waals surface area contributed by atoms with Gasteiger partial charge in [-0.1, -0.05) is 6.58 Å². The van der Waals surface area contributed by atoms with Gasteiger partial charge in [-0.25, -0.2) is 22.2 Å². The van der Waals surface area contributed by atoms with Crippen LogP contribution in [0.1, 0.15) is 18.1 Å². The highest BCUT2D eigenvalue weighted by atomic mass is 32.2. The molecular weight excluding hydrogens is 354 g/mol. The molecule has 0 saturated carbocycles. The fourth-order valence-electron chi connectivity index (χ4n) is 2.30. The van der Waals surface area contributed by atoms with Gasteiger partial charge < -0.3 is 9.84 Å². The molecule has 134 valence electrons. The van der Waals surface area contributed by atoms with Crippen molar-refractivity contribution in [1.29, 1.82) is 0 Å². The van der Waals surface area contributed by atoms with Gasteiger partial charge in [-0.15, -0.1) is 0 Å². The van der Waals surface area contributed by atoms with Gasteiger partial charge in [-0.05, 0) is 24.6 Å². The summed E-state index contributed by atoms with van der Waals surface area (Å²) in [5.41, 5.74) is 0.348. The largest absolute Gasteiger partial charge is 0.480 e. The van der Waals surface area contributed by atoms with Crippen LogP contribution in [-0.4, -0.2) is 25.6 Å². The second-order valence-corrected chi connectivity index (χ2v) is 6.80. The number of hydrogen-bond acceptors (Lipinski definition) is 5. The predicted molar refractivity (Wildman–Crippen MR) is 88.6 cm³/mol. The van der Waals surface area contributed by atoms with Crippen LogP contribution in [0.25, 0.3) is 5.57 Å². The van der Waals surface area contributed by atoms with Crippen LogP contribution in [0.15, 0.2) is 35.9 Å². The van der Waals surface area contributed by atoms with Crippen molar-refractivity contribution in [3.63, 3.8) is 0 Å². The first-order valence-corrected chi connectivity index (χ1v) is 8.50. The van der Waals surface area contributed by atoms with Crippen LogP contribution >= 0.6 is 0 Å². The third kappa shape index (κ3) is 3.77. The van der Waals surface area contributed by atoms with Crippen LogP contribution in [-0.2, 0) is 16.6 Å². The molecule has 0 amide bonds. The molecule has 0 aliphatic rings. The van der Waals surface area contributed by atoms with E-state index in [9.17, 15) is 22.3 Å². The summed E-state index contributed by atoms with van der Waals surface area (Å²) in [4.78, 5) is 3.06. The number of benzene rings is 1. The lowest BCUT2D eigenvalue weighted by Gasteiger charge is -2.17. The summed E-state index contributed by atoms with van der Waals surface area (Å²) in [5, 5.41) is 9.37. The fourth-order valence-corrected chi connectivity index (χ4v) is 3.51. The zero-order valence-electron chi connectivity index (χ0n) is 13.5. The minimum atomic E-state index is -4.30. The number of ether oxygens (including phenoxy) is 1. The summed E-state index contributed by atoms with van der Waals surface area (Å²) >= 11 is 0. The van der Waals surface area contributed by atoms with E-state index in [2.05, 4.69) is 16.3 Å². The Morgan fingerprint density at radius 2 is 2.08 bits per heavy atom. The normalized spacial score (nSPS) is 11.2. The van der Waals surface area contributed by atoms with Crippen molar-refractivity contribution in [3.05, 3.63) is 53.7 Å². The maximum atomic E-state index is 13.9. The summed E-state index contributed by atoms with van der Waals surface area (Å²) < 4.78 is 59.6. The van der Waals surface area contributed by atoms with Crippen LogP contribution < -0.4 is 9.46 Å². The number of methoxy groups -OCH3 is 1. The Hall–Kier alpha value is -2.52. The summed E-state index contributed by atoms with van der Waals surface area (Å²) in [5.74, 6) is -1.86. The lowest BCUT2D eigenvalue weighted by atomic mass is 10.00. The molecule has 0 atom stereocenters. The highest BCUT2D eigenvalue weighted by Gasteiger charge is 2.24. The van der Waals surface area contributed by atoms with Crippen molar-refractivity contribution in [2.24, 2.45) is 0 Å². The maximum Gasteiger partial charge on any atom is 0.267 e. The second-order valence-electron chi connectivity index (χ2n) is 5.15. The molecular formula is C16H16F2N2O4S. The third-order valence-corrected chi connectivity index (χ3v) is 4.71. The molecule has 1 aromatic heterocycles. The number of nitrogens with zero attached hydrogens (tertiary/aromatic N) is 1. The van der Waals surface area contributed by atoms with E-state index < -0.39 is 33.2 Å². The molecule has 0 aliphatic heterocycles. The molecule has 0 radical (unpaired) electrons. The number of aliphatic hydroxyl groups is 1. The SMILES string of the molecule is C=C(C)c1c(NS(=O)(=O)c2cc(F)cnc2OC)ccc(F)c1CO. The van der Waals surface area contributed by atoms with E-state index in [1.807, 2.05) is 0 Å². The zero-order valence-corrected chi connectivity index (χ0v) is 14.3. The van der Waals surface area contributed by atoms with Crippen molar-refractivity contribution in [3.8, 4) is 5.88 Å². The van der Waals surface area contributed by atoms with E-state index in [0.29, 0.717) is 5.57 Å². The van der Waals surface area contributed by atoms with Crippen LogP contribution in [0.4, 0.5) is 14.5 Å². The molecule has 2 aromatic rings. The first-order chi connectivity index (χ1) is 11.7. The molecule has 1 heterocycles. The molecule has 2 N–H and O–H groups in total. The van der Waals surface area contributed by atoms with E-state index in [1.165, 1.54) is 20.1 Å². The van der Waals surface area contributed by atoms with Crippen LogP contribution in [0.5, 0.6) is 5.88 Å². The van der Waals surface area contributed by atoms with Gasteiger partial charge in [0.15, 0.2) is 4.90 Å². The topological polar surface area (TPSA) is 88.5 Å². The Bertz CT molecular complexity index is 930. The van der Waals surface area contributed by atoms with E-state index in [-0.39, 0.29) is 22.7 Å². The zero-order chi connectivity index (χ0) is 18.8. The number of sulfonamides is 1. The molecule has 9 heteroatoms. The van der Waals surface area contributed by atoms with Gasteiger partial charge in [-0.3, -0.25) is 4.72 Å². The summed E-state index contributed by atoms with van der Waals surface area (Å²) in [6.07, 6.45) is 0.818. The highest BCUT2D eigenvalue weighted by Crippen LogP contribution is 2.32. The highest BCUT2D eigenvalue weighted by molar-refractivity contribution is 7.92. The van der Waals surface area contributed by atoms with Crippen molar-refractivity contribution < 1.29 is 27.0 Å². The van der Waals surface area contributed by atoms with E-state index in [1.54, 1.807) is 0 Å². The molecule has 6 nitrogen and oxygen atoms in total. The first kappa shape index (κ1) is 18.8. The minimum absolute atomic E-state index is 0.00994. The van der Waals surface area contributed by atoms with Crippen LogP contribution in [0, 0.1) is 11.6 Å². The summed E-state index contributed by atoms with van der Waals surface area (Å²) in [6, 6.07) is 2.96. The number of pyridine rings is 1. The number of allylic oxidation sites excluding steroid dienone is 1. The Morgan fingerprint density at radius 3 is 2.64 bits per heavy atom. The summed E-state index contributed by atoms with van der Waals surface area (Å²) in [7, 11) is -3.10. The summed E-state index contributed by atoms with van der Waals surface area (Å²) in [6.45, 7) is 4.57. The average molecular weight is 370 g/mol. The lowest BCUT2D eigenvalue weighted by molar-refractivity contribution is 0.275. The molecule has 0 unspecified atom stereocenters. The molecule has 0 bridgehead atoms. The number of rotatable bonds is 6. The lowest BCUT2D eigenvalue weighted by Crippen LogP contribution is -2.17. The first-order valence-electron chi connectivity index (χ1n) is 7.01. The number of halogens is 2. The molecule has 0 aliphatic carbocycles. The Labute approximate surface area is 143 Å². The van der Waals surface area contributed by atoms with Crippen molar-refractivity contribution in [2.45, 2.75) is 18.4 Å². The Balaban J connectivity index is 2.60. The van der Waals surface area contributed by atoms with Gasteiger partial charge >= 0.3 is 0 Å². The Kier molecular flexibility index (Phi) is 5.39. The van der Waals surface area contributed by atoms with Gasteiger partial charge in [-0.2, -0.15) is 0 Å². The number of nitrogens with one attached hydrogen (secondary N) is 1. The average Bonchev–Trinajstić information content (AvgIpc) is 2.55. The van der Waals surface area contributed by atoms with Crippen LogP contribution in [0.3, 0.4) is 0 Å². The van der Waals surface area contributed by atoms with Gasteiger partial charge in [0, 0.05) is 17.2 Å². The number of aromatic nitrogens is 1. The maximum absolute atomic E-state index is 13.9. The van der Waals surface area contributed by atoms with Crippen molar-refractivity contribution >= 4 is 21.3 Å². The molecule has 0 spiro atoms. The number of aliphatic hydroxyl groups excluding tert-OH is 1. The second kappa shape index (κ2) is 7.16. The van der Waals surface area contributed by atoms with Gasteiger partial charge in [0.2, 0.25) is 5.88 Å². The van der Waals surface area contributed by atoms with Gasteiger partial charge in [0.05, 0.1) is 25.6 Å². The molecule has 1 aromatic carbocycles. The number of hydrogen-bond donors (Lipinski definition) is 2. The minimum Gasteiger partial charge on any atom is -0.480 e. The van der Waals surface area contributed by atoms with Crippen LogP contribution in [0.2, 0.25) is 0 Å².